The summed E-state index contributed by atoms with van der Waals surface area (Å²) in [4.78, 5) is -0.191. The van der Waals surface area contributed by atoms with E-state index in [4.69, 9.17) is 4.74 Å². The lowest BCUT2D eigenvalue weighted by Gasteiger charge is -2.30. The molecule has 0 aromatic heterocycles. The first-order valence-electron chi connectivity index (χ1n) is 6.64. The summed E-state index contributed by atoms with van der Waals surface area (Å²) in [6.45, 7) is 2.79. The third kappa shape index (κ3) is 4.32. The normalized spacial score (nSPS) is 22.0. The van der Waals surface area contributed by atoms with E-state index in [-0.39, 0.29) is 39.6 Å². The molecule has 0 spiro atoms. The molecule has 2 atom stereocenters. The van der Waals surface area contributed by atoms with Gasteiger partial charge in [0.25, 0.3) is 0 Å². The third-order valence-electron chi connectivity index (χ3n) is 3.56. The maximum atomic E-state index is 13.7. The van der Waals surface area contributed by atoms with Gasteiger partial charge in [-0.1, -0.05) is 0 Å². The second-order valence-corrected chi connectivity index (χ2v) is 7.57. The maximum Gasteiger partial charge on any atom is 0.244 e. The number of rotatable bonds is 4. The largest absolute Gasteiger partial charge is 0.495 e. The first-order valence-corrected chi connectivity index (χ1v) is 8.91. The highest BCUT2D eigenvalue weighted by molar-refractivity contribution is 9.10. The average molecular weight is 418 g/mol. The molecule has 1 aromatic carbocycles. The number of ether oxygens (including phenoxy) is 1. The summed E-state index contributed by atoms with van der Waals surface area (Å²) < 4.78 is 46.5. The molecule has 9 heteroatoms. The van der Waals surface area contributed by atoms with Gasteiger partial charge in [-0.05, 0) is 54.4 Å². The van der Waals surface area contributed by atoms with E-state index >= 15 is 0 Å². The van der Waals surface area contributed by atoms with Gasteiger partial charge in [0.2, 0.25) is 10.0 Å². The summed E-state index contributed by atoms with van der Waals surface area (Å²) in [5, 5.41) is 3.22. The molecule has 1 aromatic rings. The number of methoxy groups -OCH3 is 1. The highest BCUT2D eigenvalue weighted by atomic mass is 79.9. The minimum atomic E-state index is -3.85. The van der Waals surface area contributed by atoms with Crippen molar-refractivity contribution in [1.29, 1.82) is 0 Å². The Kier molecular flexibility index (Phi) is 7.07. The van der Waals surface area contributed by atoms with Gasteiger partial charge in [0.1, 0.15) is 16.5 Å². The summed E-state index contributed by atoms with van der Waals surface area (Å²) in [5.74, 6) is -0.543. The number of halogens is 3. The molecule has 2 rings (SSSR count). The van der Waals surface area contributed by atoms with Crippen LogP contribution >= 0.6 is 28.3 Å². The molecule has 1 saturated heterocycles. The van der Waals surface area contributed by atoms with Gasteiger partial charge in [-0.15, -0.1) is 12.4 Å². The molecule has 1 aliphatic rings. The van der Waals surface area contributed by atoms with Crippen molar-refractivity contribution in [2.45, 2.75) is 36.7 Å². The summed E-state index contributed by atoms with van der Waals surface area (Å²) in [6.07, 6.45) is 1.64. The van der Waals surface area contributed by atoms with Crippen molar-refractivity contribution in [3.8, 4) is 5.75 Å². The van der Waals surface area contributed by atoms with E-state index in [2.05, 4.69) is 26.0 Å². The van der Waals surface area contributed by atoms with Crippen LogP contribution in [0, 0.1) is 5.82 Å². The van der Waals surface area contributed by atoms with Gasteiger partial charge in [-0.3, -0.25) is 0 Å². The molecule has 1 aliphatic heterocycles. The van der Waals surface area contributed by atoms with Crippen molar-refractivity contribution in [3.63, 3.8) is 0 Å². The molecule has 0 aliphatic carbocycles. The van der Waals surface area contributed by atoms with Crippen LogP contribution in [-0.2, 0) is 10.0 Å². The molecule has 22 heavy (non-hydrogen) atoms. The third-order valence-corrected chi connectivity index (χ3v) is 5.68. The molecule has 0 saturated carbocycles. The highest BCUT2D eigenvalue weighted by Gasteiger charge is 2.29. The van der Waals surface area contributed by atoms with E-state index in [1.165, 1.54) is 13.2 Å². The van der Waals surface area contributed by atoms with Gasteiger partial charge in [-0.25, -0.2) is 17.5 Å². The van der Waals surface area contributed by atoms with Crippen LogP contribution in [0.25, 0.3) is 0 Å². The molecular weight excluding hydrogens is 399 g/mol. The number of nitrogens with one attached hydrogen (secondary N) is 2. The van der Waals surface area contributed by atoms with E-state index in [9.17, 15) is 12.8 Å². The summed E-state index contributed by atoms with van der Waals surface area (Å²) in [7, 11) is -2.50. The smallest absolute Gasteiger partial charge is 0.244 e. The number of hydrogen-bond acceptors (Lipinski definition) is 4. The first-order chi connectivity index (χ1) is 9.85. The van der Waals surface area contributed by atoms with Crippen molar-refractivity contribution in [1.82, 2.24) is 10.0 Å². The zero-order valence-electron chi connectivity index (χ0n) is 12.2. The predicted molar refractivity (Wildman–Crippen MR) is 88.7 cm³/mol. The fourth-order valence-electron chi connectivity index (χ4n) is 2.35. The van der Waals surface area contributed by atoms with Gasteiger partial charge in [0.05, 0.1) is 11.6 Å². The van der Waals surface area contributed by atoms with Gasteiger partial charge in [-0.2, -0.15) is 0 Å². The number of hydrogen-bond donors (Lipinski definition) is 2. The van der Waals surface area contributed by atoms with Crippen molar-refractivity contribution >= 4 is 38.4 Å². The topological polar surface area (TPSA) is 67.4 Å². The van der Waals surface area contributed by atoms with Crippen molar-refractivity contribution in [2.75, 3.05) is 13.7 Å². The summed E-state index contributed by atoms with van der Waals surface area (Å²) >= 11 is 3.02. The highest BCUT2D eigenvalue weighted by Crippen LogP contribution is 2.30. The predicted octanol–water partition coefficient (Wildman–Crippen LogP) is 2.44. The molecule has 126 valence electrons. The molecule has 1 heterocycles. The minimum absolute atomic E-state index is 0. The zero-order chi connectivity index (χ0) is 15.6. The molecular formula is C13H19BrClFN2O3S. The summed E-state index contributed by atoms with van der Waals surface area (Å²) in [5.41, 5.74) is 0. The Hall–Kier alpha value is -0.410. The van der Waals surface area contributed by atoms with Crippen LogP contribution in [0.4, 0.5) is 4.39 Å². The van der Waals surface area contributed by atoms with Crippen LogP contribution in [-0.4, -0.2) is 34.2 Å². The Bertz CT molecular complexity index is 630. The Morgan fingerprint density at radius 3 is 2.73 bits per heavy atom. The Balaban J connectivity index is 0.00000242. The maximum absolute atomic E-state index is 13.7. The van der Waals surface area contributed by atoms with Crippen molar-refractivity contribution in [3.05, 3.63) is 22.4 Å². The van der Waals surface area contributed by atoms with Gasteiger partial charge < -0.3 is 10.1 Å². The van der Waals surface area contributed by atoms with E-state index in [1.807, 2.05) is 6.92 Å². The second-order valence-electron chi connectivity index (χ2n) is 5.03. The van der Waals surface area contributed by atoms with Crippen LogP contribution in [0.1, 0.15) is 19.8 Å². The molecule has 0 amide bonds. The van der Waals surface area contributed by atoms with Crippen LogP contribution in [0.2, 0.25) is 0 Å². The zero-order valence-corrected chi connectivity index (χ0v) is 15.4. The monoisotopic (exact) mass is 416 g/mol. The lowest BCUT2D eigenvalue weighted by atomic mass is 10.0. The van der Waals surface area contributed by atoms with Gasteiger partial charge >= 0.3 is 0 Å². The lowest BCUT2D eigenvalue weighted by Crippen LogP contribution is -2.51. The van der Waals surface area contributed by atoms with Gasteiger partial charge in [0.15, 0.2) is 0 Å². The Morgan fingerprint density at radius 2 is 2.14 bits per heavy atom. The SMILES string of the molecule is COc1cc(Br)c(F)cc1S(=O)(=O)NC1CCCNC1C.Cl. The molecule has 2 unspecified atom stereocenters. The number of benzene rings is 1. The Morgan fingerprint density at radius 1 is 1.45 bits per heavy atom. The van der Waals surface area contributed by atoms with Crippen LogP contribution < -0.4 is 14.8 Å². The van der Waals surface area contributed by atoms with Crippen LogP contribution in [0.15, 0.2) is 21.5 Å². The molecule has 0 bridgehead atoms. The second kappa shape index (κ2) is 7.92. The van der Waals surface area contributed by atoms with Crippen molar-refractivity contribution < 1.29 is 17.5 Å². The van der Waals surface area contributed by atoms with Crippen LogP contribution in [0.5, 0.6) is 5.75 Å². The molecule has 2 N–H and O–H groups in total. The van der Waals surface area contributed by atoms with Gasteiger partial charge in [0, 0.05) is 12.1 Å². The fraction of sp³-hybridized carbons (Fsp3) is 0.538. The molecule has 0 radical (unpaired) electrons. The van der Waals surface area contributed by atoms with E-state index in [0.717, 1.165) is 25.5 Å². The Labute approximate surface area is 144 Å². The number of sulfonamides is 1. The fourth-order valence-corrected chi connectivity index (χ4v) is 4.18. The quantitative estimate of drug-likeness (QED) is 0.790. The van der Waals surface area contributed by atoms with E-state index in [0.29, 0.717) is 0 Å². The summed E-state index contributed by atoms with van der Waals surface area (Å²) in [6, 6.07) is 2.08. The van der Waals surface area contributed by atoms with Crippen LogP contribution in [0.3, 0.4) is 0 Å². The lowest BCUT2D eigenvalue weighted by molar-refractivity contribution is 0.347. The average Bonchev–Trinajstić information content (AvgIpc) is 2.43. The van der Waals surface area contributed by atoms with Crippen molar-refractivity contribution in [2.24, 2.45) is 0 Å². The molecule has 5 nitrogen and oxygen atoms in total. The standard InChI is InChI=1S/C13H18BrFN2O3S.ClH/c1-8-11(4-3-5-16-8)17-21(18,19)13-7-10(15)9(14)6-12(13)20-2;/h6-8,11,16-17H,3-5H2,1-2H3;1H. The first kappa shape index (κ1) is 19.6. The number of piperidine rings is 1. The van der Waals surface area contributed by atoms with E-state index in [1.54, 1.807) is 0 Å². The van der Waals surface area contributed by atoms with E-state index < -0.39 is 15.8 Å². The molecule has 1 fully saturated rings. The minimum Gasteiger partial charge on any atom is -0.495 e.